The van der Waals surface area contributed by atoms with Crippen molar-refractivity contribution in [1.29, 1.82) is 0 Å². The molecule has 1 aliphatic heterocycles. The van der Waals surface area contributed by atoms with Gasteiger partial charge in [-0.1, -0.05) is 53.8 Å². The summed E-state index contributed by atoms with van der Waals surface area (Å²) in [6.45, 7) is 6.37. The highest BCUT2D eigenvalue weighted by molar-refractivity contribution is 7.22. The Balaban J connectivity index is 1.13. The van der Waals surface area contributed by atoms with Crippen LogP contribution in [0.2, 0.25) is 0 Å². The molecule has 0 saturated carbocycles. The number of piperazine rings is 1. The van der Waals surface area contributed by atoms with Gasteiger partial charge in [-0.3, -0.25) is 4.90 Å². The van der Waals surface area contributed by atoms with Gasteiger partial charge in [-0.05, 0) is 35.0 Å². The summed E-state index contributed by atoms with van der Waals surface area (Å²) in [6.07, 6.45) is 0. The Kier molecular flexibility index (Phi) is 4.85. The normalized spacial score (nSPS) is 15.4. The van der Waals surface area contributed by atoms with Crippen molar-refractivity contribution in [3.63, 3.8) is 0 Å². The average molecular weight is 389 g/mol. The second-order valence-electron chi connectivity index (χ2n) is 7.27. The van der Waals surface area contributed by atoms with Crippen molar-refractivity contribution in [3.8, 4) is 0 Å². The highest BCUT2D eigenvalue weighted by Gasteiger charge is 2.17. The fourth-order valence-electron chi connectivity index (χ4n) is 3.87. The molecule has 1 aliphatic rings. The third-order valence-electron chi connectivity index (χ3n) is 5.47. The van der Waals surface area contributed by atoms with Gasteiger partial charge in [0, 0.05) is 45.0 Å². The Morgan fingerprint density at radius 2 is 1.64 bits per heavy atom. The number of rotatable bonds is 5. The van der Waals surface area contributed by atoms with Crippen molar-refractivity contribution in [3.05, 3.63) is 66.7 Å². The van der Waals surface area contributed by atoms with Gasteiger partial charge in [0.1, 0.15) is 0 Å². The van der Waals surface area contributed by atoms with Gasteiger partial charge < -0.3 is 10.2 Å². The molecule has 0 atom stereocenters. The monoisotopic (exact) mass is 388 g/mol. The van der Waals surface area contributed by atoms with Crippen LogP contribution in [0.1, 0.15) is 0 Å². The molecule has 4 aromatic rings. The van der Waals surface area contributed by atoms with E-state index >= 15 is 0 Å². The van der Waals surface area contributed by atoms with Gasteiger partial charge in [0.15, 0.2) is 5.13 Å². The first kappa shape index (κ1) is 17.5. The molecule has 0 unspecified atom stereocenters. The number of nitrogens with one attached hydrogen (secondary N) is 1. The van der Waals surface area contributed by atoms with E-state index in [0.29, 0.717) is 0 Å². The van der Waals surface area contributed by atoms with Crippen LogP contribution in [-0.4, -0.2) is 49.2 Å². The molecule has 0 bridgehead atoms. The molecule has 0 aliphatic carbocycles. The first-order chi connectivity index (χ1) is 13.8. The van der Waals surface area contributed by atoms with E-state index < -0.39 is 0 Å². The maximum Gasteiger partial charge on any atom is 0.183 e. The maximum absolute atomic E-state index is 4.65. The van der Waals surface area contributed by atoms with E-state index in [9.17, 15) is 0 Å². The van der Waals surface area contributed by atoms with Gasteiger partial charge in [0.25, 0.3) is 0 Å². The van der Waals surface area contributed by atoms with Crippen LogP contribution in [0, 0.1) is 0 Å². The van der Waals surface area contributed by atoms with E-state index in [2.05, 4.69) is 80.8 Å². The summed E-state index contributed by atoms with van der Waals surface area (Å²) < 4.78 is 1.24. The molecule has 142 valence electrons. The van der Waals surface area contributed by atoms with Gasteiger partial charge in [-0.25, -0.2) is 4.98 Å². The zero-order valence-corrected chi connectivity index (χ0v) is 16.7. The lowest BCUT2D eigenvalue weighted by Crippen LogP contribution is -2.47. The molecule has 5 rings (SSSR count). The average Bonchev–Trinajstić information content (AvgIpc) is 3.17. The predicted octanol–water partition coefficient (Wildman–Crippen LogP) is 4.68. The van der Waals surface area contributed by atoms with E-state index in [1.807, 2.05) is 6.07 Å². The highest BCUT2D eigenvalue weighted by atomic mass is 32.1. The van der Waals surface area contributed by atoms with Crippen LogP contribution in [0.5, 0.6) is 0 Å². The number of benzene rings is 3. The molecule has 0 radical (unpaired) electrons. The van der Waals surface area contributed by atoms with Crippen LogP contribution >= 0.6 is 11.3 Å². The van der Waals surface area contributed by atoms with Crippen molar-refractivity contribution in [2.45, 2.75) is 0 Å². The van der Waals surface area contributed by atoms with Gasteiger partial charge >= 0.3 is 0 Å². The van der Waals surface area contributed by atoms with Crippen molar-refractivity contribution < 1.29 is 0 Å². The number of aromatic nitrogens is 1. The zero-order chi connectivity index (χ0) is 18.8. The predicted molar refractivity (Wildman–Crippen MR) is 121 cm³/mol. The lowest BCUT2D eigenvalue weighted by Gasteiger charge is -2.36. The second kappa shape index (κ2) is 7.78. The minimum Gasteiger partial charge on any atom is -0.369 e. The Morgan fingerprint density at radius 3 is 2.50 bits per heavy atom. The largest absolute Gasteiger partial charge is 0.369 e. The minimum atomic E-state index is 0.940. The molecule has 1 saturated heterocycles. The van der Waals surface area contributed by atoms with E-state index in [4.69, 9.17) is 0 Å². The van der Waals surface area contributed by atoms with E-state index in [1.165, 1.54) is 21.2 Å². The summed E-state index contributed by atoms with van der Waals surface area (Å²) in [5.41, 5.74) is 2.42. The van der Waals surface area contributed by atoms with Gasteiger partial charge in [0.2, 0.25) is 0 Å². The van der Waals surface area contributed by atoms with Crippen LogP contribution in [0.25, 0.3) is 21.0 Å². The molecule has 0 amide bonds. The number of hydrogen-bond acceptors (Lipinski definition) is 5. The summed E-state index contributed by atoms with van der Waals surface area (Å²) in [6, 6.07) is 23.7. The van der Waals surface area contributed by atoms with Crippen molar-refractivity contribution in [1.82, 2.24) is 9.88 Å². The Labute approximate surface area is 169 Å². The third-order valence-corrected chi connectivity index (χ3v) is 6.46. The van der Waals surface area contributed by atoms with Crippen LogP contribution in [0.15, 0.2) is 66.7 Å². The molecular formula is C23H24N4S. The Hall–Kier alpha value is -2.63. The van der Waals surface area contributed by atoms with E-state index in [-0.39, 0.29) is 0 Å². The summed E-state index contributed by atoms with van der Waals surface area (Å²) in [7, 11) is 0. The fourth-order valence-corrected chi connectivity index (χ4v) is 4.76. The van der Waals surface area contributed by atoms with E-state index in [0.717, 1.165) is 49.9 Å². The van der Waals surface area contributed by atoms with Crippen molar-refractivity contribution in [2.24, 2.45) is 0 Å². The SMILES string of the molecule is c1ccc2cc(N3CCN(CCNc4nc5ccccc5s4)CC3)ccc2c1. The summed E-state index contributed by atoms with van der Waals surface area (Å²) in [5, 5.41) is 7.15. The number of anilines is 2. The number of nitrogens with zero attached hydrogens (tertiary/aromatic N) is 3. The molecule has 2 heterocycles. The smallest absolute Gasteiger partial charge is 0.183 e. The first-order valence-electron chi connectivity index (χ1n) is 9.91. The molecular weight excluding hydrogens is 364 g/mol. The molecule has 1 N–H and O–H groups in total. The summed E-state index contributed by atoms with van der Waals surface area (Å²) in [5.74, 6) is 0. The molecule has 5 heteroatoms. The Bertz CT molecular complexity index is 1050. The molecule has 28 heavy (non-hydrogen) atoms. The van der Waals surface area contributed by atoms with Crippen LogP contribution in [0.4, 0.5) is 10.8 Å². The van der Waals surface area contributed by atoms with Crippen LogP contribution < -0.4 is 10.2 Å². The molecule has 3 aromatic carbocycles. The van der Waals surface area contributed by atoms with Crippen LogP contribution in [0.3, 0.4) is 0 Å². The fraction of sp³-hybridized carbons (Fsp3) is 0.261. The summed E-state index contributed by atoms with van der Waals surface area (Å²) >= 11 is 1.73. The topological polar surface area (TPSA) is 31.4 Å². The minimum absolute atomic E-state index is 0.940. The number of thiazole rings is 1. The number of para-hydroxylation sites is 1. The maximum atomic E-state index is 4.65. The molecule has 1 aromatic heterocycles. The molecule has 4 nitrogen and oxygen atoms in total. The first-order valence-corrected chi connectivity index (χ1v) is 10.7. The Morgan fingerprint density at radius 1 is 0.857 bits per heavy atom. The quantitative estimate of drug-likeness (QED) is 0.538. The number of hydrogen-bond donors (Lipinski definition) is 1. The van der Waals surface area contributed by atoms with Crippen molar-refractivity contribution >= 4 is 43.1 Å². The lowest BCUT2D eigenvalue weighted by molar-refractivity contribution is 0.267. The highest BCUT2D eigenvalue weighted by Crippen LogP contribution is 2.25. The second-order valence-corrected chi connectivity index (χ2v) is 8.30. The zero-order valence-electron chi connectivity index (χ0n) is 15.8. The number of fused-ring (bicyclic) bond motifs is 2. The van der Waals surface area contributed by atoms with Crippen molar-refractivity contribution in [2.75, 3.05) is 49.5 Å². The van der Waals surface area contributed by atoms with E-state index in [1.54, 1.807) is 11.3 Å². The van der Waals surface area contributed by atoms with Gasteiger partial charge in [0.05, 0.1) is 10.2 Å². The van der Waals surface area contributed by atoms with Gasteiger partial charge in [-0.15, -0.1) is 0 Å². The molecule has 0 spiro atoms. The third kappa shape index (κ3) is 3.68. The molecule has 1 fully saturated rings. The summed E-state index contributed by atoms with van der Waals surface area (Å²) in [4.78, 5) is 9.70. The van der Waals surface area contributed by atoms with Crippen LogP contribution in [-0.2, 0) is 0 Å². The van der Waals surface area contributed by atoms with Gasteiger partial charge in [-0.2, -0.15) is 0 Å². The standard InChI is InChI=1S/C23H24N4S/c1-2-6-19-17-20(10-9-18(19)5-1)27-15-13-26(14-16-27)12-11-24-23-25-21-7-3-4-8-22(21)28-23/h1-10,17H,11-16H2,(H,24,25). The lowest BCUT2D eigenvalue weighted by atomic mass is 10.1.